The third-order valence-corrected chi connectivity index (χ3v) is 2.47. The zero-order valence-electron chi connectivity index (χ0n) is 9.43. The summed E-state index contributed by atoms with van der Waals surface area (Å²) in [5.74, 6) is 0.557. The van der Waals surface area contributed by atoms with Gasteiger partial charge in [-0.15, -0.1) is 0 Å². The molecule has 1 aliphatic rings. The summed E-state index contributed by atoms with van der Waals surface area (Å²) in [6.07, 6.45) is 1.79. The maximum atomic E-state index is 11.7. The topological polar surface area (TPSA) is 38.3 Å². The van der Waals surface area contributed by atoms with Gasteiger partial charge in [-0.05, 0) is 33.6 Å². The second kappa shape index (κ2) is 4.89. The molecule has 0 bridgehead atoms. The maximum Gasteiger partial charge on any atom is 0.149 e. The Morgan fingerprint density at radius 2 is 1.93 bits per heavy atom. The van der Waals surface area contributed by atoms with E-state index in [1.807, 2.05) is 0 Å². The van der Waals surface area contributed by atoms with Gasteiger partial charge in [0.05, 0.1) is 6.54 Å². The summed E-state index contributed by atoms with van der Waals surface area (Å²) in [4.78, 5) is 11.7. The number of hydrogen-bond acceptors (Lipinski definition) is 3. The first-order valence-corrected chi connectivity index (χ1v) is 5.34. The van der Waals surface area contributed by atoms with Crippen LogP contribution in [0.4, 0.5) is 0 Å². The molecule has 82 valence electrons. The number of ether oxygens (including phenoxy) is 1. The molecule has 1 rings (SSSR count). The van der Waals surface area contributed by atoms with Crippen molar-refractivity contribution in [3.63, 3.8) is 0 Å². The van der Waals surface area contributed by atoms with E-state index in [1.54, 1.807) is 0 Å². The van der Waals surface area contributed by atoms with Crippen molar-refractivity contribution in [1.29, 1.82) is 0 Å². The second-order valence-corrected chi connectivity index (χ2v) is 4.96. The molecule has 0 spiro atoms. The van der Waals surface area contributed by atoms with E-state index in [0.717, 1.165) is 26.1 Å². The molecule has 0 saturated carbocycles. The zero-order chi connectivity index (χ0) is 10.6. The Balaban J connectivity index is 2.27. The van der Waals surface area contributed by atoms with E-state index in [2.05, 4.69) is 26.1 Å². The SMILES string of the molecule is CC(C)(C)NCC(=O)C1CCOCC1. The number of rotatable bonds is 3. The van der Waals surface area contributed by atoms with Crippen LogP contribution in [0.15, 0.2) is 0 Å². The number of hydrogen-bond donors (Lipinski definition) is 1. The summed E-state index contributed by atoms with van der Waals surface area (Å²) in [5.41, 5.74) is 0.0286. The van der Waals surface area contributed by atoms with Gasteiger partial charge in [-0.25, -0.2) is 0 Å². The fourth-order valence-electron chi connectivity index (χ4n) is 1.52. The van der Waals surface area contributed by atoms with E-state index >= 15 is 0 Å². The minimum absolute atomic E-state index is 0.0286. The van der Waals surface area contributed by atoms with Crippen LogP contribution >= 0.6 is 0 Å². The lowest BCUT2D eigenvalue weighted by Gasteiger charge is -2.24. The van der Waals surface area contributed by atoms with Crippen LogP contribution in [-0.4, -0.2) is 31.1 Å². The zero-order valence-corrected chi connectivity index (χ0v) is 9.43. The lowest BCUT2D eigenvalue weighted by atomic mass is 9.95. The molecule has 3 heteroatoms. The molecule has 1 N–H and O–H groups in total. The lowest BCUT2D eigenvalue weighted by Crippen LogP contribution is -2.41. The van der Waals surface area contributed by atoms with Crippen LogP contribution < -0.4 is 5.32 Å². The van der Waals surface area contributed by atoms with Gasteiger partial charge in [0, 0.05) is 24.7 Å². The fourth-order valence-corrected chi connectivity index (χ4v) is 1.52. The van der Waals surface area contributed by atoms with Gasteiger partial charge in [0.1, 0.15) is 5.78 Å². The summed E-state index contributed by atoms with van der Waals surface area (Å²) in [6.45, 7) is 8.20. The number of Topliss-reactive ketones (excluding diaryl/α,β-unsaturated/α-hetero) is 1. The van der Waals surface area contributed by atoms with E-state index in [1.165, 1.54) is 0 Å². The largest absolute Gasteiger partial charge is 0.381 e. The molecule has 1 heterocycles. The van der Waals surface area contributed by atoms with Crippen LogP contribution in [0.1, 0.15) is 33.6 Å². The van der Waals surface area contributed by atoms with Gasteiger partial charge >= 0.3 is 0 Å². The van der Waals surface area contributed by atoms with Gasteiger partial charge < -0.3 is 10.1 Å². The molecule has 0 aromatic heterocycles. The van der Waals surface area contributed by atoms with Crippen LogP contribution in [-0.2, 0) is 9.53 Å². The van der Waals surface area contributed by atoms with Crippen molar-refractivity contribution in [3.05, 3.63) is 0 Å². The predicted octanol–water partition coefficient (Wildman–Crippen LogP) is 1.37. The Hall–Kier alpha value is -0.410. The Bertz CT molecular complexity index is 190. The predicted molar refractivity (Wildman–Crippen MR) is 56.3 cm³/mol. The number of nitrogens with one attached hydrogen (secondary N) is 1. The molecular weight excluding hydrogens is 178 g/mol. The first kappa shape index (κ1) is 11.7. The lowest BCUT2D eigenvalue weighted by molar-refractivity contribution is -0.125. The smallest absolute Gasteiger partial charge is 0.149 e. The Morgan fingerprint density at radius 3 is 2.43 bits per heavy atom. The highest BCUT2D eigenvalue weighted by atomic mass is 16.5. The van der Waals surface area contributed by atoms with Crippen molar-refractivity contribution in [2.75, 3.05) is 19.8 Å². The third kappa shape index (κ3) is 4.20. The van der Waals surface area contributed by atoms with Crippen molar-refractivity contribution >= 4 is 5.78 Å². The van der Waals surface area contributed by atoms with Crippen molar-refractivity contribution in [2.45, 2.75) is 39.2 Å². The van der Waals surface area contributed by atoms with Crippen LogP contribution in [0, 0.1) is 5.92 Å². The van der Waals surface area contributed by atoms with E-state index in [-0.39, 0.29) is 11.5 Å². The van der Waals surface area contributed by atoms with Gasteiger partial charge in [0.15, 0.2) is 0 Å². The van der Waals surface area contributed by atoms with Crippen LogP contribution in [0.5, 0.6) is 0 Å². The monoisotopic (exact) mass is 199 g/mol. The number of ketones is 1. The normalized spacial score (nSPS) is 19.6. The fraction of sp³-hybridized carbons (Fsp3) is 0.909. The highest BCUT2D eigenvalue weighted by molar-refractivity contribution is 5.83. The second-order valence-electron chi connectivity index (χ2n) is 4.96. The van der Waals surface area contributed by atoms with E-state index in [4.69, 9.17) is 4.74 Å². The molecule has 0 aliphatic carbocycles. The van der Waals surface area contributed by atoms with Gasteiger partial charge in [0.25, 0.3) is 0 Å². The van der Waals surface area contributed by atoms with Crippen LogP contribution in [0.2, 0.25) is 0 Å². The highest BCUT2D eigenvalue weighted by Crippen LogP contribution is 2.15. The maximum absolute atomic E-state index is 11.7. The molecule has 0 aromatic carbocycles. The van der Waals surface area contributed by atoms with Gasteiger partial charge in [-0.3, -0.25) is 4.79 Å². The van der Waals surface area contributed by atoms with Crippen molar-refractivity contribution < 1.29 is 9.53 Å². The molecule has 0 radical (unpaired) electrons. The summed E-state index contributed by atoms with van der Waals surface area (Å²) in [7, 11) is 0. The van der Waals surface area contributed by atoms with Crippen molar-refractivity contribution in [3.8, 4) is 0 Å². The average molecular weight is 199 g/mol. The first-order valence-electron chi connectivity index (χ1n) is 5.34. The standard InChI is InChI=1S/C11H21NO2/c1-11(2,3)12-8-10(13)9-4-6-14-7-5-9/h9,12H,4-8H2,1-3H3. The molecule has 0 unspecified atom stereocenters. The Morgan fingerprint density at radius 1 is 1.36 bits per heavy atom. The minimum atomic E-state index is 0.0286. The summed E-state index contributed by atoms with van der Waals surface area (Å²) >= 11 is 0. The Kier molecular flexibility index (Phi) is 4.08. The highest BCUT2D eigenvalue weighted by Gasteiger charge is 2.22. The molecule has 1 fully saturated rings. The minimum Gasteiger partial charge on any atom is -0.381 e. The number of carbonyl (C=O) groups excluding carboxylic acids is 1. The molecule has 0 amide bonds. The molecule has 0 aromatic rings. The summed E-state index contributed by atoms with van der Waals surface area (Å²) in [5, 5.41) is 3.23. The molecule has 1 saturated heterocycles. The molecule has 0 atom stereocenters. The molecule has 14 heavy (non-hydrogen) atoms. The summed E-state index contributed by atoms with van der Waals surface area (Å²) < 4.78 is 5.22. The molecule has 1 aliphatic heterocycles. The summed E-state index contributed by atoms with van der Waals surface area (Å²) in [6, 6.07) is 0. The molecular formula is C11H21NO2. The van der Waals surface area contributed by atoms with Gasteiger partial charge in [0.2, 0.25) is 0 Å². The Labute approximate surface area is 86.2 Å². The van der Waals surface area contributed by atoms with E-state index < -0.39 is 0 Å². The van der Waals surface area contributed by atoms with E-state index in [0.29, 0.717) is 12.3 Å². The van der Waals surface area contributed by atoms with E-state index in [9.17, 15) is 4.79 Å². The third-order valence-electron chi connectivity index (χ3n) is 2.47. The van der Waals surface area contributed by atoms with Gasteiger partial charge in [-0.2, -0.15) is 0 Å². The van der Waals surface area contributed by atoms with Gasteiger partial charge in [-0.1, -0.05) is 0 Å². The van der Waals surface area contributed by atoms with Crippen LogP contribution in [0.25, 0.3) is 0 Å². The molecule has 3 nitrogen and oxygen atoms in total. The van der Waals surface area contributed by atoms with Crippen molar-refractivity contribution in [1.82, 2.24) is 5.32 Å². The first-order chi connectivity index (χ1) is 6.49. The van der Waals surface area contributed by atoms with Crippen LogP contribution in [0.3, 0.4) is 0 Å². The quantitative estimate of drug-likeness (QED) is 0.746. The number of carbonyl (C=O) groups is 1. The van der Waals surface area contributed by atoms with Crippen molar-refractivity contribution in [2.24, 2.45) is 5.92 Å². The average Bonchev–Trinajstić information content (AvgIpc) is 2.14.